The molecule has 1 unspecified atom stereocenters. The maximum absolute atomic E-state index is 5.76. The van der Waals surface area contributed by atoms with Crippen LogP contribution in [0.2, 0.25) is 5.02 Å². The Morgan fingerprint density at radius 1 is 1.19 bits per heavy atom. The fourth-order valence-electron chi connectivity index (χ4n) is 1.39. The summed E-state index contributed by atoms with van der Waals surface area (Å²) in [6.45, 7) is 2.04. The van der Waals surface area contributed by atoms with Crippen molar-refractivity contribution in [2.24, 2.45) is 0 Å². The Hall–Kier alpha value is -1.61. The number of hydrogen-bond donors (Lipinski definition) is 1. The molecule has 16 heavy (non-hydrogen) atoms. The zero-order valence-electron chi connectivity index (χ0n) is 8.89. The predicted octanol–water partition coefficient (Wildman–Crippen LogP) is 3.30. The van der Waals surface area contributed by atoms with E-state index in [2.05, 4.69) is 15.3 Å². The molecular formula is C12H12ClN3. The molecule has 3 nitrogen and oxygen atoms in total. The maximum Gasteiger partial charge on any atom is 0.126 e. The second kappa shape index (κ2) is 4.94. The first kappa shape index (κ1) is 10.9. The van der Waals surface area contributed by atoms with Crippen LogP contribution >= 0.6 is 11.6 Å². The number of rotatable bonds is 3. The van der Waals surface area contributed by atoms with E-state index in [9.17, 15) is 0 Å². The van der Waals surface area contributed by atoms with Crippen molar-refractivity contribution in [1.82, 2.24) is 9.97 Å². The predicted molar refractivity (Wildman–Crippen MR) is 65.5 cm³/mol. The summed E-state index contributed by atoms with van der Waals surface area (Å²) in [7, 11) is 0. The Balaban J connectivity index is 2.08. The van der Waals surface area contributed by atoms with Gasteiger partial charge in [-0.25, -0.2) is 4.98 Å². The summed E-state index contributed by atoms with van der Waals surface area (Å²) in [5, 5.41) is 3.89. The fraction of sp³-hybridized carbons (Fsp3) is 0.167. The van der Waals surface area contributed by atoms with E-state index in [1.165, 1.54) is 0 Å². The molecule has 0 radical (unpaired) electrons. The molecule has 1 N–H and O–H groups in total. The van der Waals surface area contributed by atoms with Gasteiger partial charge in [0.05, 0.1) is 16.8 Å². The minimum Gasteiger partial charge on any atom is -0.362 e. The van der Waals surface area contributed by atoms with Crippen LogP contribution in [-0.4, -0.2) is 9.97 Å². The molecule has 0 saturated heterocycles. The highest BCUT2D eigenvalue weighted by Gasteiger charge is 2.05. The van der Waals surface area contributed by atoms with Gasteiger partial charge in [-0.05, 0) is 31.2 Å². The molecule has 2 aromatic rings. The highest BCUT2D eigenvalue weighted by molar-refractivity contribution is 6.30. The van der Waals surface area contributed by atoms with E-state index >= 15 is 0 Å². The first-order valence-electron chi connectivity index (χ1n) is 5.05. The van der Waals surface area contributed by atoms with Crippen LogP contribution < -0.4 is 5.32 Å². The Morgan fingerprint density at radius 3 is 2.69 bits per heavy atom. The molecule has 2 rings (SSSR count). The first-order valence-corrected chi connectivity index (χ1v) is 5.42. The third kappa shape index (κ3) is 2.70. The monoisotopic (exact) mass is 233 g/mol. The number of hydrogen-bond acceptors (Lipinski definition) is 3. The van der Waals surface area contributed by atoms with Crippen molar-refractivity contribution in [3.8, 4) is 0 Å². The van der Waals surface area contributed by atoms with Gasteiger partial charge in [0.2, 0.25) is 0 Å². The Bertz CT molecular complexity index is 442. The normalized spacial score (nSPS) is 12.1. The summed E-state index contributed by atoms with van der Waals surface area (Å²) >= 11 is 5.76. The smallest absolute Gasteiger partial charge is 0.126 e. The van der Waals surface area contributed by atoms with E-state index in [-0.39, 0.29) is 6.04 Å². The second-order valence-electron chi connectivity index (χ2n) is 3.48. The van der Waals surface area contributed by atoms with Crippen LogP contribution in [0.15, 0.2) is 42.7 Å². The molecule has 0 bridgehead atoms. The topological polar surface area (TPSA) is 37.8 Å². The van der Waals surface area contributed by atoms with Crippen LogP contribution in [0.25, 0.3) is 0 Å². The lowest BCUT2D eigenvalue weighted by atomic mass is 10.2. The minimum atomic E-state index is 0.120. The van der Waals surface area contributed by atoms with E-state index in [1.807, 2.05) is 37.3 Å². The number of halogens is 1. The molecule has 82 valence electrons. The van der Waals surface area contributed by atoms with Crippen LogP contribution in [0.1, 0.15) is 18.7 Å². The molecule has 0 spiro atoms. The van der Waals surface area contributed by atoms with Crippen molar-refractivity contribution in [3.05, 3.63) is 53.4 Å². The SMILES string of the molecule is CC(Nc1ccc(Cl)cn1)c1ccccn1. The maximum atomic E-state index is 5.76. The van der Waals surface area contributed by atoms with Gasteiger partial charge in [0, 0.05) is 12.4 Å². The number of nitrogens with one attached hydrogen (secondary N) is 1. The molecule has 0 aliphatic carbocycles. The van der Waals surface area contributed by atoms with Crippen molar-refractivity contribution in [1.29, 1.82) is 0 Å². The molecule has 0 saturated carbocycles. The Kier molecular flexibility index (Phi) is 3.37. The molecule has 0 aromatic carbocycles. The molecule has 0 aliphatic rings. The van der Waals surface area contributed by atoms with Gasteiger partial charge in [-0.3, -0.25) is 4.98 Å². The van der Waals surface area contributed by atoms with Gasteiger partial charge in [0.25, 0.3) is 0 Å². The fourth-order valence-corrected chi connectivity index (χ4v) is 1.50. The zero-order valence-corrected chi connectivity index (χ0v) is 9.65. The number of pyridine rings is 2. The highest BCUT2D eigenvalue weighted by atomic mass is 35.5. The van der Waals surface area contributed by atoms with Gasteiger partial charge >= 0.3 is 0 Å². The van der Waals surface area contributed by atoms with E-state index in [4.69, 9.17) is 11.6 Å². The van der Waals surface area contributed by atoms with Gasteiger partial charge in [0.1, 0.15) is 5.82 Å². The summed E-state index contributed by atoms with van der Waals surface area (Å²) in [5.74, 6) is 0.794. The highest BCUT2D eigenvalue weighted by Crippen LogP contribution is 2.16. The molecular weight excluding hydrogens is 222 g/mol. The van der Waals surface area contributed by atoms with Crippen molar-refractivity contribution in [2.75, 3.05) is 5.32 Å². The molecule has 0 aliphatic heterocycles. The van der Waals surface area contributed by atoms with Crippen LogP contribution in [0.5, 0.6) is 0 Å². The van der Waals surface area contributed by atoms with Gasteiger partial charge in [0.15, 0.2) is 0 Å². The second-order valence-corrected chi connectivity index (χ2v) is 3.92. The van der Waals surface area contributed by atoms with Gasteiger partial charge in [-0.1, -0.05) is 17.7 Å². The number of nitrogens with zero attached hydrogens (tertiary/aromatic N) is 2. The van der Waals surface area contributed by atoms with Crippen molar-refractivity contribution in [2.45, 2.75) is 13.0 Å². The molecule has 0 amide bonds. The van der Waals surface area contributed by atoms with Crippen LogP contribution in [0.4, 0.5) is 5.82 Å². The molecule has 2 aromatic heterocycles. The van der Waals surface area contributed by atoms with E-state index in [1.54, 1.807) is 12.4 Å². The van der Waals surface area contributed by atoms with E-state index in [0.717, 1.165) is 11.5 Å². The molecule has 2 heterocycles. The summed E-state index contributed by atoms with van der Waals surface area (Å²) in [4.78, 5) is 8.45. The summed E-state index contributed by atoms with van der Waals surface area (Å²) in [6, 6.07) is 9.62. The minimum absolute atomic E-state index is 0.120. The van der Waals surface area contributed by atoms with Crippen LogP contribution in [0, 0.1) is 0 Å². The van der Waals surface area contributed by atoms with Gasteiger partial charge in [-0.2, -0.15) is 0 Å². The Labute approximate surface area is 99.5 Å². The Morgan fingerprint density at radius 2 is 2.06 bits per heavy atom. The largest absolute Gasteiger partial charge is 0.362 e. The van der Waals surface area contributed by atoms with Gasteiger partial charge < -0.3 is 5.32 Å². The first-order chi connectivity index (χ1) is 7.75. The van der Waals surface area contributed by atoms with E-state index < -0.39 is 0 Å². The summed E-state index contributed by atoms with van der Waals surface area (Å²) in [5.41, 5.74) is 0.985. The van der Waals surface area contributed by atoms with Crippen LogP contribution in [-0.2, 0) is 0 Å². The third-order valence-electron chi connectivity index (χ3n) is 2.22. The average Bonchev–Trinajstić information content (AvgIpc) is 2.33. The average molecular weight is 234 g/mol. The van der Waals surface area contributed by atoms with Crippen molar-refractivity contribution in [3.63, 3.8) is 0 Å². The molecule has 1 atom stereocenters. The lowest BCUT2D eigenvalue weighted by Gasteiger charge is -2.13. The standard InChI is InChI=1S/C12H12ClN3/c1-9(11-4-2-3-7-14-11)16-12-6-5-10(13)8-15-12/h2-9H,1H3,(H,15,16). The lowest BCUT2D eigenvalue weighted by Crippen LogP contribution is -2.08. The summed E-state index contributed by atoms with van der Waals surface area (Å²) in [6.07, 6.45) is 3.40. The lowest BCUT2D eigenvalue weighted by molar-refractivity contribution is 0.832. The van der Waals surface area contributed by atoms with Gasteiger partial charge in [-0.15, -0.1) is 0 Å². The quantitative estimate of drug-likeness (QED) is 0.884. The zero-order chi connectivity index (χ0) is 11.4. The number of aromatic nitrogens is 2. The molecule has 4 heteroatoms. The third-order valence-corrected chi connectivity index (χ3v) is 2.45. The number of anilines is 1. The van der Waals surface area contributed by atoms with Crippen molar-refractivity contribution >= 4 is 17.4 Å². The summed E-state index contributed by atoms with van der Waals surface area (Å²) < 4.78 is 0. The van der Waals surface area contributed by atoms with Crippen molar-refractivity contribution < 1.29 is 0 Å². The van der Waals surface area contributed by atoms with E-state index in [0.29, 0.717) is 5.02 Å². The molecule has 0 fully saturated rings. The van der Waals surface area contributed by atoms with Crippen LogP contribution in [0.3, 0.4) is 0 Å².